The SMILES string of the molecule is Cc1ccc(C(=O)NCCC(c2ccccc2)c2ccccc2)cc1S(C)(=O)=O. The van der Waals surface area contributed by atoms with Gasteiger partial charge in [0.25, 0.3) is 5.91 Å². The molecule has 0 saturated heterocycles. The van der Waals surface area contributed by atoms with E-state index in [0.29, 0.717) is 17.7 Å². The fourth-order valence-corrected chi connectivity index (χ4v) is 4.46. The molecule has 0 fully saturated rings. The highest BCUT2D eigenvalue weighted by Crippen LogP contribution is 2.27. The number of hydrogen-bond acceptors (Lipinski definition) is 3. The molecule has 0 atom stereocenters. The maximum absolute atomic E-state index is 12.6. The van der Waals surface area contributed by atoms with Crippen molar-refractivity contribution in [2.75, 3.05) is 12.8 Å². The van der Waals surface area contributed by atoms with Gasteiger partial charge in [-0.05, 0) is 42.2 Å². The predicted molar refractivity (Wildman–Crippen MR) is 116 cm³/mol. The number of hydrogen-bond donors (Lipinski definition) is 1. The zero-order valence-electron chi connectivity index (χ0n) is 16.6. The summed E-state index contributed by atoms with van der Waals surface area (Å²) in [6, 6.07) is 25.2. The van der Waals surface area contributed by atoms with Crippen LogP contribution in [0.2, 0.25) is 0 Å². The first-order valence-electron chi connectivity index (χ1n) is 9.55. The first-order valence-corrected chi connectivity index (χ1v) is 11.4. The highest BCUT2D eigenvalue weighted by Gasteiger charge is 2.16. The molecule has 5 heteroatoms. The van der Waals surface area contributed by atoms with Gasteiger partial charge in [-0.1, -0.05) is 66.7 Å². The maximum Gasteiger partial charge on any atom is 0.251 e. The van der Waals surface area contributed by atoms with Gasteiger partial charge in [-0.3, -0.25) is 4.79 Å². The Kier molecular flexibility index (Phi) is 6.49. The topological polar surface area (TPSA) is 63.2 Å². The molecule has 0 spiro atoms. The van der Waals surface area contributed by atoms with Crippen molar-refractivity contribution in [1.29, 1.82) is 0 Å². The van der Waals surface area contributed by atoms with Crippen molar-refractivity contribution in [3.05, 3.63) is 101 Å². The molecule has 0 aliphatic heterocycles. The van der Waals surface area contributed by atoms with Crippen molar-refractivity contribution in [1.82, 2.24) is 5.32 Å². The third-order valence-electron chi connectivity index (χ3n) is 4.97. The van der Waals surface area contributed by atoms with Crippen LogP contribution in [0.3, 0.4) is 0 Å². The summed E-state index contributed by atoms with van der Waals surface area (Å²) in [5.41, 5.74) is 3.38. The molecule has 0 heterocycles. The Labute approximate surface area is 172 Å². The number of sulfone groups is 1. The Bertz CT molecular complexity index is 1040. The van der Waals surface area contributed by atoms with Crippen molar-refractivity contribution in [3.8, 4) is 0 Å². The number of rotatable bonds is 7. The molecule has 3 aromatic rings. The fraction of sp³-hybridized carbons (Fsp3) is 0.208. The second kappa shape index (κ2) is 9.05. The summed E-state index contributed by atoms with van der Waals surface area (Å²) in [7, 11) is -3.38. The van der Waals surface area contributed by atoms with E-state index in [1.807, 2.05) is 36.4 Å². The Balaban J connectivity index is 1.73. The first-order chi connectivity index (χ1) is 13.9. The minimum absolute atomic E-state index is 0.169. The van der Waals surface area contributed by atoms with Gasteiger partial charge in [0.1, 0.15) is 0 Å². The van der Waals surface area contributed by atoms with Gasteiger partial charge in [0.15, 0.2) is 9.84 Å². The molecule has 0 aliphatic carbocycles. The fourth-order valence-electron chi connectivity index (χ4n) is 3.47. The molecule has 0 aliphatic rings. The molecule has 3 rings (SSSR count). The van der Waals surface area contributed by atoms with E-state index in [-0.39, 0.29) is 16.7 Å². The molecule has 0 radical (unpaired) electrons. The monoisotopic (exact) mass is 407 g/mol. The summed E-state index contributed by atoms with van der Waals surface area (Å²) >= 11 is 0. The van der Waals surface area contributed by atoms with Crippen LogP contribution in [-0.4, -0.2) is 27.1 Å². The summed E-state index contributed by atoms with van der Waals surface area (Å²) in [5, 5.41) is 2.93. The lowest BCUT2D eigenvalue weighted by Crippen LogP contribution is -2.26. The first kappa shape index (κ1) is 20.8. The Morgan fingerprint density at radius 2 is 1.45 bits per heavy atom. The zero-order valence-corrected chi connectivity index (χ0v) is 17.4. The van der Waals surface area contributed by atoms with Gasteiger partial charge in [-0.25, -0.2) is 8.42 Å². The summed E-state index contributed by atoms with van der Waals surface area (Å²) in [6.07, 6.45) is 1.89. The summed E-state index contributed by atoms with van der Waals surface area (Å²) in [6.45, 7) is 2.21. The van der Waals surface area contributed by atoms with Crippen LogP contribution in [-0.2, 0) is 9.84 Å². The van der Waals surface area contributed by atoms with E-state index in [0.717, 1.165) is 12.7 Å². The van der Waals surface area contributed by atoms with Crippen molar-refractivity contribution < 1.29 is 13.2 Å². The van der Waals surface area contributed by atoms with E-state index in [1.165, 1.54) is 17.2 Å². The van der Waals surface area contributed by atoms with Gasteiger partial charge in [-0.15, -0.1) is 0 Å². The standard InChI is InChI=1S/C24H25NO3S/c1-18-13-14-21(17-23(18)29(2,27)28)24(26)25-16-15-22(19-9-5-3-6-10-19)20-11-7-4-8-12-20/h3-14,17,22H,15-16H2,1-2H3,(H,25,26). The van der Waals surface area contributed by atoms with E-state index < -0.39 is 9.84 Å². The number of benzene rings is 3. The molecule has 0 aromatic heterocycles. The lowest BCUT2D eigenvalue weighted by atomic mass is 9.88. The Morgan fingerprint density at radius 3 is 1.97 bits per heavy atom. The quantitative estimate of drug-likeness (QED) is 0.633. The van der Waals surface area contributed by atoms with E-state index in [4.69, 9.17) is 0 Å². The normalized spacial score (nSPS) is 11.4. The summed E-state index contributed by atoms with van der Waals surface area (Å²) < 4.78 is 23.8. The number of amides is 1. The highest BCUT2D eigenvalue weighted by atomic mass is 32.2. The lowest BCUT2D eigenvalue weighted by molar-refractivity contribution is 0.0952. The van der Waals surface area contributed by atoms with Crippen LogP contribution in [0.25, 0.3) is 0 Å². The smallest absolute Gasteiger partial charge is 0.251 e. The van der Waals surface area contributed by atoms with Gasteiger partial charge < -0.3 is 5.32 Å². The molecule has 3 aromatic carbocycles. The molecule has 0 bridgehead atoms. The van der Waals surface area contributed by atoms with E-state index in [9.17, 15) is 13.2 Å². The van der Waals surface area contributed by atoms with Gasteiger partial charge in [0.05, 0.1) is 4.90 Å². The van der Waals surface area contributed by atoms with Crippen LogP contribution < -0.4 is 5.32 Å². The second-order valence-corrected chi connectivity index (χ2v) is 9.16. The molecule has 29 heavy (non-hydrogen) atoms. The Hall–Kier alpha value is -2.92. The van der Waals surface area contributed by atoms with Crippen LogP contribution >= 0.6 is 0 Å². The largest absolute Gasteiger partial charge is 0.352 e. The highest BCUT2D eigenvalue weighted by molar-refractivity contribution is 7.90. The van der Waals surface area contributed by atoms with Gasteiger partial charge in [0.2, 0.25) is 0 Å². The van der Waals surface area contributed by atoms with E-state index in [1.54, 1.807) is 19.1 Å². The number of aryl methyl sites for hydroxylation is 1. The van der Waals surface area contributed by atoms with Crippen LogP contribution in [0.1, 0.15) is 39.4 Å². The van der Waals surface area contributed by atoms with Crippen LogP contribution in [0.5, 0.6) is 0 Å². The van der Waals surface area contributed by atoms with Crippen molar-refractivity contribution >= 4 is 15.7 Å². The van der Waals surface area contributed by atoms with Crippen molar-refractivity contribution in [2.45, 2.75) is 24.2 Å². The van der Waals surface area contributed by atoms with Crippen LogP contribution in [0.15, 0.2) is 83.8 Å². The minimum Gasteiger partial charge on any atom is -0.352 e. The van der Waals surface area contributed by atoms with Crippen LogP contribution in [0, 0.1) is 6.92 Å². The molecule has 1 N–H and O–H groups in total. The maximum atomic E-state index is 12.6. The molecule has 1 amide bonds. The zero-order chi connectivity index (χ0) is 20.9. The summed E-state index contributed by atoms with van der Waals surface area (Å²) in [5.74, 6) is -0.0999. The van der Waals surface area contributed by atoms with Crippen molar-refractivity contribution in [3.63, 3.8) is 0 Å². The molecular weight excluding hydrogens is 382 g/mol. The van der Waals surface area contributed by atoms with Gasteiger partial charge >= 0.3 is 0 Å². The third kappa shape index (κ3) is 5.33. The predicted octanol–water partition coefficient (Wildman–Crippen LogP) is 4.35. The average molecular weight is 408 g/mol. The molecule has 0 saturated carbocycles. The Morgan fingerprint density at radius 1 is 0.897 bits per heavy atom. The average Bonchev–Trinajstić information content (AvgIpc) is 2.72. The second-order valence-electron chi connectivity index (χ2n) is 7.17. The molecule has 4 nitrogen and oxygen atoms in total. The molecule has 150 valence electrons. The molecule has 0 unspecified atom stereocenters. The van der Waals surface area contributed by atoms with E-state index in [2.05, 4.69) is 29.6 Å². The van der Waals surface area contributed by atoms with E-state index >= 15 is 0 Å². The lowest BCUT2D eigenvalue weighted by Gasteiger charge is -2.18. The third-order valence-corrected chi connectivity index (χ3v) is 6.21. The number of carbonyl (C=O) groups excluding carboxylic acids is 1. The van der Waals surface area contributed by atoms with Crippen molar-refractivity contribution in [2.24, 2.45) is 0 Å². The van der Waals surface area contributed by atoms with Gasteiger partial charge in [0, 0.05) is 24.3 Å². The van der Waals surface area contributed by atoms with Gasteiger partial charge in [-0.2, -0.15) is 0 Å². The number of nitrogens with one attached hydrogen (secondary N) is 1. The minimum atomic E-state index is -3.38. The molecular formula is C24H25NO3S. The summed E-state index contributed by atoms with van der Waals surface area (Å²) in [4.78, 5) is 12.8. The van der Waals surface area contributed by atoms with Crippen LogP contribution in [0.4, 0.5) is 0 Å². The number of carbonyl (C=O) groups is 1.